The van der Waals surface area contributed by atoms with Crippen LogP contribution in [0.25, 0.3) is 11.5 Å². The number of benzene rings is 1. The third-order valence-corrected chi connectivity index (χ3v) is 4.51. The van der Waals surface area contributed by atoms with Gasteiger partial charge >= 0.3 is 12.1 Å². The third-order valence-electron chi connectivity index (χ3n) is 4.51. The Bertz CT molecular complexity index is 785. The molecule has 27 heavy (non-hydrogen) atoms. The Morgan fingerprint density at radius 3 is 2.56 bits per heavy atom. The largest absolute Gasteiger partial charge is 0.465 e. The van der Waals surface area contributed by atoms with Crippen molar-refractivity contribution in [2.45, 2.75) is 25.7 Å². The fourth-order valence-corrected chi connectivity index (χ4v) is 3.08. The maximum Gasteiger partial charge on any atom is 0.415 e. The summed E-state index contributed by atoms with van der Waals surface area (Å²) in [6.45, 7) is 3.19. The van der Waals surface area contributed by atoms with E-state index >= 15 is 0 Å². The lowest BCUT2D eigenvalue weighted by atomic mass is 10.1. The van der Waals surface area contributed by atoms with Gasteiger partial charge in [-0.3, -0.25) is 10.1 Å². The van der Waals surface area contributed by atoms with Gasteiger partial charge in [-0.05, 0) is 51.0 Å². The number of rotatable bonds is 7. The van der Waals surface area contributed by atoms with Gasteiger partial charge in [0.05, 0.1) is 4.92 Å². The lowest BCUT2D eigenvalue weighted by Crippen LogP contribution is -2.35. The Labute approximate surface area is 155 Å². The van der Waals surface area contributed by atoms with E-state index in [1.165, 1.54) is 43.5 Å². The minimum Gasteiger partial charge on any atom is -0.465 e. The number of carbonyl (C=O) groups is 1. The molecule has 2 aromatic rings. The predicted molar refractivity (Wildman–Crippen MR) is 96.7 cm³/mol. The SMILES string of the molecule is O=C(O)N(CCCN1CCCCC1)c1nnc(-c2ccc([N+](=O)[O-])cc2)o1. The normalized spacial score (nSPS) is 14.8. The van der Waals surface area contributed by atoms with E-state index in [9.17, 15) is 20.0 Å². The topological polar surface area (TPSA) is 126 Å². The lowest BCUT2D eigenvalue weighted by Gasteiger charge is -2.26. The monoisotopic (exact) mass is 375 g/mol. The number of anilines is 1. The average molecular weight is 375 g/mol. The number of hydrogen-bond acceptors (Lipinski definition) is 7. The highest BCUT2D eigenvalue weighted by atomic mass is 16.6. The van der Waals surface area contributed by atoms with Gasteiger partial charge in [0.15, 0.2) is 0 Å². The molecule has 1 aliphatic heterocycles. The molecule has 10 heteroatoms. The number of hydrogen-bond donors (Lipinski definition) is 1. The fraction of sp³-hybridized carbons (Fsp3) is 0.471. The van der Waals surface area contributed by atoms with E-state index in [4.69, 9.17) is 4.42 Å². The van der Waals surface area contributed by atoms with Gasteiger partial charge in [-0.1, -0.05) is 11.5 Å². The molecule has 1 amide bonds. The molecular formula is C17H21N5O5. The highest BCUT2D eigenvalue weighted by Gasteiger charge is 2.22. The van der Waals surface area contributed by atoms with Gasteiger partial charge in [0.25, 0.3) is 5.69 Å². The van der Waals surface area contributed by atoms with Crippen LogP contribution < -0.4 is 4.90 Å². The van der Waals surface area contributed by atoms with Crippen LogP contribution in [0.4, 0.5) is 16.5 Å². The van der Waals surface area contributed by atoms with Crippen LogP contribution in [0.15, 0.2) is 28.7 Å². The van der Waals surface area contributed by atoms with E-state index in [1.54, 1.807) is 0 Å². The van der Waals surface area contributed by atoms with Crippen LogP contribution in [0.3, 0.4) is 0 Å². The molecule has 3 rings (SSSR count). The van der Waals surface area contributed by atoms with Gasteiger partial charge in [0.2, 0.25) is 5.89 Å². The zero-order valence-electron chi connectivity index (χ0n) is 14.8. The van der Waals surface area contributed by atoms with E-state index in [1.807, 2.05) is 0 Å². The molecule has 1 aliphatic rings. The molecule has 0 bridgehead atoms. The Morgan fingerprint density at radius 2 is 1.93 bits per heavy atom. The van der Waals surface area contributed by atoms with Crippen LogP contribution >= 0.6 is 0 Å². The number of nitro benzene ring substituents is 1. The Morgan fingerprint density at radius 1 is 1.22 bits per heavy atom. The maximum absolute atomic E-state index is 11.6. The summed E-state index contributed by atoms with van der Waals surface area (Å²) in [5.41, 5.74) is 0.432. The number of likely N-dealkylation sites (tertiary alicyclic amines) is 1. The summed E-state index contributed by atoms with van der Waals surface area (Å²) in [7, 11) is 0. The van der Waals surface area contributed by atoms with E-state index in [2.05, 4.69) is 15.1 Å². The molecule has 144 valence electrons. The van der Waals surface area contributed by atoms with Crippen molar-refractivity contribution in [2.75, 3.05) is 31.1 Å². The van der Waals surface area contributed by atoms with Crippen LogP contribution in [0.1, 0.15) is 25.7 Å². The molecule has 1 saturated heterocycles. The second-order valence-corrected chi connectivity index (χ2v) is 6.38. The van der Waals surface area contributed by atoms with Gasteiger partial charge < -0.3 is 14.4 Å². The van der Waals surface area contributed by atoms with Crippen LogP contribution in [0.2, 0.25) is 0 Å². The van der Waals surface area contributed by atoms with Crippen molar-refractivity contribution >= 4 is 17.8 Å². The quantitative estimate of drug-likeness (QED) is 0.578. The first-order valence-electron chi connectivity index (χ1n) is 8.86. The number of carboxylic acid groups (broad SMARTS) is 1. The highest BCUT2D eigenvalue weighted by molar-refractivity contribution is 5.83. The summed E-state index contributed by atoms with van der Waals surface area (Å²) in [5, 5.41) is 27.8. The van der Waals surface area contributed by atoms with Crippen LogP contribution in [-0.2, 0) is 0 Å². The van der Waals surface area contributed by atoms with Crippen molar-refractivity contribution in [3.63, 3.8) is 0 Å². The minimum atomic E-state index is -1.16. The minimum absolute atomic E-state index is 0.0524. The van der Waals surface area contributed by atoms with Crippen molar-refractivity contribution in [3.8, 4) is 11.5 Å². The molecule has 1 aromatic heterocycles. The smallest absolute Gasteiger partial charge is 0.415 e. The van der Waals surface area contributed by atoms with Crippen molar-refractivity contribution < 1.29 is 19.2 Å². The standard InChI is InChI=1S/C17H21N5O5/c23-17(24)21(12-4-11-20-9-2-1-3-10-20)16-19-18-15(27-16)13-5-7-14(8-6-13)22(25)26/h5-8H,1-4,9-12H2,(H,23,24). The molecular weight excluding hydrogens is 354 g/mol. The van der Waals surface area contributed by atoms with Crippen molar-refractivity contribution in [1.82, 2.24) is 15.1 Å². The van der Waals surface area contributed by atoms with E-state index in [-0.39, 0.29) is 24.1 Å². The molecule has 1 fully saturated rings. The van der Waals surface area contributed by atoms with E-state index < -0.39 is 11.0 Å². The number of amides is 1. The summed E-state index contributed by atoms with van der Waals surface area (Å²) >= 11 is 0. The van der Waals surface area contributed by atoms with E-state index in [0.717, 1.165) is 24.5 Å². The number of nitro groups is 1. The summed E-state index contributed by atoms with van der Waals surface area (Å²) < 4.78 is 5.48. The first-order chi connectivity index (χ1) is 13.0. The zero-order valence-corrected chi connectivity index (χ0v) is 14.8. The van der Waals surface area contributed by atoms with Crippen molar-refractivity contribution in [1.29, 1.82) is 0 Å². The number of non-ortho nitro benzene ring substituents is 1. The third kappa shape index (κ3) is 4.79. The van der Waals surface area contributed by atoms with Crippen molar-refractivity contribution in [3.05, 3.63) is 34.4 Å². The van der Waals surface area contributed by atoms with Crippen LogP contribution in [0.5, 0.6) is 0 Å². The Kier molecular flexibility index (Phi) is 5.97. The number of aromatic nitrogens is 2. The number of piperidine rings is 1. The predicted octanol–water partition coefficient (Wildman–Crippen LogP) is 3.01. The maximum atomic E-state index is 11.6. The molecule has 0 aliphatic carbocycles. The zero-order chi connectivity index (χ0) is 19.2. The summed E-state index contributed by atoms with van der Waals surface area (Å²) in [5.74, 6) is 0.113. The number of nitrogens with zero attached hydrogens (tertiary/aromatic N) is 5. The Balaban J connectivity index is 1.64. The summed E-state index contributed by atoms with van der Waals surface area (Å²) in [6.07, 6.45) is 3.13. The molecule has 0 radical (unpaired) electrons. The van der Waals surface area contributed by atoms with Crippen molar-refractivity contribution in [2.24, 2.45) is 0 Å². The Hall–Kier alpha value is -3.01. The van der Waals surface area contributed by atoms with Gasteiger partial charge in [0, 0.05) is 24.2 Å². The van der Waals surface area contributed by atoms with Crippen LogP contribution in [0, 0.1) is 10.1 Å². The molecule has 0 unspecified atom stereocenters. The van der Waals surface area contributed by atoms with Gasteiger partial charge in [-0.2, -0.15) is 0 Å². The molecule has 0 atom stereocenters. The summed E-state index contributed by atoms with van der Waals surface area (Å²) in [4.78, 5) is 25.1. The molecule has 10 nitrogen and oxygen atoms in total. The lowest BCUT2D eigenvalue weighted by molar-refractivity contribution is -0.384. The van der Waals surface area contributed by atoms with E-state index in [0.29, 0.717) is 12.0 Å². The molecule has 0 spiro atoms. The fourth-order valence-electron chi connectivity index (χ4n) is 3.08. The molecule has 2 heterocycles. The first-order valence-corrected chi connectivity index (χ1v) is 8.86. The second kappa shape index (κ2) is 8.58. The van der Waals surface area contributed by atoms with Crippen LogP contribution in [-0.4, -0.2) is 57.4 Å². The molecule has 0 saturated carbocycles. The second-order valence-electron chi connectivity index (χ2n) is 6.38. The van der Waals surface area contributed by atoms with Gasteiger partial charge in [-0.25, -0.2) is 9.69 Å². The highest BCUT2D eigenvalue weighted by Crippen LogP contribution is 2.24. The molecule has 1 N–H and O–H groups in total. The van der Waals surface area contributed by atoms with Gasteiger partial charge in [0.1, 0.15) is 0 Å². The first kappa shape index (κ1) is 18.8. The average Bonchev–Trinajstić information content (AvgIpc) is 3.15. The molecule has 1 aromatic carbocycles. The van der Waals surface area contributed by atoms with Gasteiger partial charge in [-0.15, -0.1) is 5.10 Å². The summed E-state index contributed by atoms with van der Waals surface area (Å²) in [6, 6.07) is 5.52.